The van der Waals surface area contributed by atoms with Gasteiger partial charge in [-0.3, -0.25) is 4.90 Å². The summed E-state index contributed by atoms with van der Waals surface area (Å²) >= 11 is 3.23. The van der Waals surface area contributed by atoms with E-state index >= 15 is 0 Å². The van der Waals surface area contributed by atoms with Gasteiger partial charge in [0.15, 0.2) is 0 Å². The van der Waals surface area contributed by atoms with Gasteiger partial charge in [0.2, 0.25) is 0 Å². The maximum atomic E-state index is 13.2. The Bertz CT molecular complexity index is 442. The molecule has 1 aromatic carbocycles. The van der Waals surface area contributed by atoms with Crippen molar-refractivity contribution in [2.24, 2.45) is 5.73 Å². The zero-order valence-electron chi connectivity index (χ0n) is 11.6. The van der Waals surface area contributed by atoms with E-state index in [0.29, 0.717) is 4.47 Å². The summed E-state index contributed by atoms with van der Waals surface area (Å²) in [5, 5.41) is 0. The molecular weight excluding hydrogens is 307 g/mol. The fourth-order valence-corrected chi connectivity index (χ4v) is 3.12. The minimum Gasteiger partial charge on any atom is -0.326 e. The quantitative estimate of drug-likeness (QED) is 0.918. The van der Waals surface area contributed by atoms with E-state index in [2.05, 4.69) is 34.7 Å². The van der Waals surface area contributed by atoms with E-state index in [0.717, 1.165) is 25.1 Å². The van der Waals surface area contributed by atoms with Gasteiger partial charge in [-0.1, -0.05) is 6.07 Å². The van der Waals surface area contributed by atoms with Gasteiger partial charge in [-0.25, -0.2) is 4.39 Å². The zero-order chi connectivity index (χ0) is 14.0. The lowest BCUT2D eigenvalue weighted by molar-refractivity contribution is 0.123. The topological polar surface area (TPSA) is 29.3 Å². The van der Waals surface area contributed by atoms with Gasteiger partial charge in [-0.2, -0.15) is 0 Å². The van der Waals surface area contributed by atoms with Gasteiger partial charge in [0.05, 0.1) is 4.47 Å². The molecule has 0 spiro atoms. The summed E-state index contributed by atoms with van der Waals surface area (Å²) in [5.74, 6) is -0.226. The third-order valence-corrected chi connectivity index (χ3v) is 4.88. The number of halogens is 2. The molecule has 4 heteroatoms. The molecule has 1 saturated heterocycles. The number of hydrogen-bond donors (Lipinski definition) is 1. The third kappa shape index (κ3) is 3.36. The van der Waals surface area contributed by atoms with Crippen LogP contribution in [-0.2, 0) is 6.42 Å². The van der Waals surface area contributed by atoms with Gasteiger partial charge in [0.1, 0.15) is 5.82 Å². The molecule has 0 amide bonds. The Kier molecular flexibility index (Phi) is 4.64. The Labute approximate surface area is 123 Å². The van der Waals surface area contributed by atoms with Crippen LogP contribution in [0.15, 0.2) is 22.7 Å². The first-order valence-corrected chi connectivity index (χ1v) is 7.65. The maximum absolute atomic E-state index is 13.2. The molecule has 19 heavy (non-hydrogen) atoms. The highest BCUT2D eigenvalue weighted by atomic mass is 79.9. The second kappa shape index (κ2) is 5.90. The Morgan fingerprint density at radius 3 is 2.58 bits per heavy atom. The number of hydrogen-bond acceptors (Lipinski definition) is 2. The molecule has 0 saturated carbocycles. The molecule has 1 heterocycles. The Morgan fingerprint density at radius 2 is 2.00 bits per heavy atom. The first-order chi connectivity index (χ1) is 8.91. The lowest BCUT2D eigenvalue weighted by atomic mass is 9.88. The standard InChI is InChI=1S/C15H22BrFN2/c1-15(2,19-7-3-4-8-19)14(18)10-11-5-6-13(17)12(16)9-11/h5-6,9,14H,3-4,7-8,10,18H2,1-2H3. The molecule has 2 nitrogen and oxygen atoms in total. The van der Waals surface area contributed by atoms with Crippen LogP contribution < -0.4 is 5.73 Å². The molecule has 1 fully saturated rings. The summed E-state index contributed by atoms with van der Waals surface area (Å²) in [4.78, 5) is 2.47. The minimum atomic E-state index is -0.226. The monoisotopic (exact) mass is 328 g/mol. The molecule has 0 aromatic heterocycles. The smallest absolute Gasteiger partial charge is 0.137 e. The summed E-state index contributed by atoms with van der Waals surface area (Å²) in [5.41, 5.74) is 7.46. The second-order valence-electron chi connectivity index (χ2n) is 5.91. The summed E-state index contributed by atoms with van der Waals surface area (Å²) in [7, 11) is 0. The summed E-state index contributed by atoms with van der Waals surface area (Å²) < 4.78 is 13.7. The highest BCUT2D eigenvalue weighted by Crippen LogP contribution is 2.26. The van der Waals surface area contributed by atoms with E-state index in [9.17, 15) is 4.39 Å². The number of benzene rings is 1. The molecular formula is C15H22BrFN2. The third-order valence-electron chi connectivity index (χ3n) is 4.27. The summed E-state index contributed by atoms with van der Waals surface area (Å²) in [6, 6.07) is 5.19. The van der Waals surface area contributed by atoms with Crippen molar-refractivity contribution in [1.82, 2.24) is 4.90 Å². The van der Waals surface area contributed by atoms with Crippen molar-refractivity contribution in [2.75, 3.05) is 13.1 Å². The van der Waals surface area contributed by atoms with Crippen LogP contribution in [0.3, 0.4) is 0 Å². The minimum absolute atomic E-state index is 0.0165. The van der Waals surface area contributed by atoms with Gasteiger partial charge in [0, 0.05) is 11.6 Å². The van der Waals surface area contributed by atoms with Crippen LogP contribution in [0.25, 0.3) is 0 Å². The van der Waals surface area contributed by atoms with E-state index in [1.807, 2.05) is 12.1 Å². The fourth-order valence-electron chi connectivity index (χ4n) is 2.70. The molecule has 0 radical (unpaired) electrons. The normalized spacial score (nSPS) is 18.8. The van der Waals surface area contributed by atoms with Crippen LogP contribution in [0.2, 0.25) is 0 Å². The second-order valence-corrected chi connectivity index (χ2v) is 6.76. The van der Waals surface area contributed by atoms with Crippen molar-refractivity contribution in [2.45, 2.75) is 44.7 Å². The van der Waals surface area contributed by atoms with E-state index in [-0.39, 0.29) is 17.4 Å². The van der Waals surface area contributed by atoms with E-state index < -0.39 is 0 Å². The van der Waals surface area contributed by atoms with E-state index in [4.69, 9.17) is 5.73 Å². The lowest BCUT2D eigenvalue weighted by Gasteiger charge is -2.40. The lowest BCUT2D eigenvalue weighted by Crippen LogP contribution is -2.55. The van der Waals surface area contributed by atoms with Crippen LogP contribution in [0.4, 0.5) is 4.39 Å². The van der Waals surface area contributed by atoms with Crippen molar-refractivity contribution in [3.63, 3.8) is 0 Å². The summed E-state index contributed by atoms with van der Waals surface area (Å²) in [6.45, 7) is 6.69. The van der Waals surface area contributed by atoms with Crippen molar-refractivity contribution in [3.8, 4) is 0 Å². The molecule has 1 aliphatic heterocycles. The largest absolute Gasteiger partial charge is 0.326 e. The highest BCUT2D eigenvalue weighted by molar-refractivity contribution is 9.10. The maximum Gasteiger partial charge on any atom is 0.137 e. The average Bonchev–Trinajstić information content (AvgIpc) is 2.88. The van der Waals surface area contributed by atoms with Crippen LogP contribution >= 0.6 is 15.9 Å². The highest BCUT2D eigenvalue weighted by Gasteiger charge is 2.34. The van der Waals surface area contributed by atoms with Crippen LogP contribution in [0, 0.1) is 5.82 Å². The Morgan fingerprint density at radius 1 is 1.37 bits per heavy atom. The predicted octanol–water partition coefficient (Wildman–Crippen LogP) is 3.33. The van der Waals surface area contributed by atoms with Gasteiger partial charge in [-0.15, -0.1) is 0 Å². The number of rotatable bonds is 4. The van der Waals surface area contributed by atoms with Gasteiger partial charge in [-0.05, 0) is 79.8 Å². The van der Waals surface area contributed by atoms with E-state index in [1.54, 1.807) is 0 Å². The van der Waals surface area contributed by atoms with Crippen molar-refractivity contribution < 1.29 is 4.39 Å². The van der Waals surface area contributed by atoms with Crippen molar-refractivity contribution in [1.29, 1.82) is 0 Å². The first kappa shape index (κ1) is 14.9. The van der Waals surface area contributed by atoms with Crippen molar-refractivity contribution >= 4 is 15.9 Å². The van der Waals surface area contributed by atoms with E-state index in [1.165, 1.54) is 18.9 Å². The van der Waals surface area contributed by atoms with Gasteiger partial charge in [0.25, 0.3) is 0 Å². The van der Waals surface area contributed by atoms with Gasteiger partial charge >= 0.3 is 0 Å². The molecule has 1 atom stereocenters. The summed E-state index contributed by atoms with van der Waals surface area (Å²) in [6.07, 6.45) is 3.29. The van der Waals surface area contributed by atoms with Crippen molar-refractivity contribution in [3.05, 3.63) is 34.1 Å². The number of nitrogens with two attached hydrogens (primary N) is 1. The van der Waals surface area contributed by atoms with Gasteiger partial charge < -0.3 is 5.73 Å². The van der Waals surface area contributed by atoms with Crippen LogP contribution in [-0.4, -0.2) is 29.6 Å². The zero-order valence-corrected chi connectivity index (χ0v) is 13.2. The molecule has 1 aromatic rings. The molecule has 2 N–H and O–H groups in total. The Balaban J connectivity index is 2.06. The Hall–Kier alpha value is -0.450. The first-order valence-electron chi connectivity index (χ1n) is 6.86. The molecule has 1 unspecified atom stereocenters. The predicted molar refractivity (Wildman–Crippen MR) is 80.7 cm³/mol. The molecule has 0 aliphatic carbocycles. The average molecular weight is 329 g/mol. The number of likely N-dealkylation sites (tertiary alicyclic amines) is 1. The van der Waals surface area contributed by atoms with Crippen LogP contribution in [0.5, 0.6) is 0 Å². The SMILES string of the molecule is CC(C)(C(N)Cc1ccc(F)c(Br)c1)N1CCCC1. The molecule has 0 bridgehead atoms. The molecule has 106 valence electrons. The van der Waals surface area contributed by atoms with Crippen LogP contribution in [0.1, 0.15) is 32.3 Å². The fraction of sp³-hybridized carbons (Fsp3) is 0.600. The molecule has 2 rings (SSSR count). The molecule has 1 aliphatic rings. The number of nitrogens with zero attached hydrogens (tertiary/aromatic N) is 1.